The van der Waals surface area contributed by atoms with E-state index in [0.29, 0.717) is 24.1 Å². The molecule has 0 fully saturated rings. The standard InChI is InChI=1S/C13H16F3N/c1-2-8-17-13(12(15)16)7-6-9-10(13)4-3-5-11(9)14/h3-5,12,17H,2,6-8H2,1H3. The minimum absolute atomic E-state index is 0.265. The average Bonchev–Trinajstić information content (AvgIpc) is 2.68. The van der Waals surface area contributed by atoms with Crippen LogP contribution >= 0.6 is 0 Å². The zero-order valence-electron chi connectivity index (χ0n) is 9.77. The van der Waals surface area contributed by atoms with Gasteiger partial charge in [0.25, 0.3) is 6.43 Å². The van der Waals surface area contributed by atoms with E-state index in [1.54, 1.807) is 6.07 Å². The van der Waals surface area contributed by atoms with E-state index in [4.69, 9.17) is 0 Å². The summed E-state index contributed by atoms with van der Waals surface area (Å²) in [6.07, 6.45) is -1.10. The van der Waals surface area contributed by atoms with Gasteiger partial charge >= 0.3 is 0 Å². The van der Waals surface area contributed by atoms with Gasteiger partial charge < -0.3 is 5.32 Å². The molecule has 1 aromatic rings. The van der Waals surface area contributed by atoms with Crippen LogP contribution in [0.3, 0.4) is 0 Å². The third-order valence-corrected chi connectivity index (χ3v) is 3.43. The van der Waals surface area contributed by atoms with Crippen molar-refractivity contribution in [3.63, 3.8) is 0 Å². The van der Waals surface area contributed by atoms with Gasteiger partial charge in [0.05, 0.1) is 0 Å². The summed E-state index contributed by atoms with van der Waals surface area (Å²) in [7, 11) is 0. The van der Waals surface area contributed by atoms with Gasteiger partial charge in [-0.05, 0) is 43.0 Å². The van der Waals surface area contributed by atoms with Crippen LogP contribution in [0.4, 0.5) is 13.2 Å². The summed E-state index contributed by atoms with van der Waals surface area (Å²) in [6, 6.07) is 4.45. The molecule has 0 radical (unpaired) electrons. The summed E-state index contributed by atoms with van der Waals surface area (Å²) in [5, 5.41) is 2.91. The van der Waals surface area contributed by atoms with Crippen molar-refractivity contribution in [2.45, 2.75) is 38.2 Å². The largest absolute Gasteiger partial charge is 0.303 e. The Kier molecular flexibility index (Phi) is 3.43. The van der Waals surface area contributed by atoms with Gasteiger partial charge in [0.1, 0.15) is 11.4 Å². The van der Waals surface area contributed by atoms with Gasteiger partial charge in [-0.3, -0.25) is 0 Å². The zero-order chi connectivity index (χ0) is 12.5. The number of rotatable bonds is 4. The molecule has 0 spiro atoms. The molecule has 0 saturated heterocycles. The second-order valence-electron chi connectivity index (χ2n) is 4.46. The highest BCUT2D eigenvalue weighted by Gasteiger charge is 2.46. The first kappa shape index (κ1) is 12.4. The van der Waals surface area contributed by atoms with Crippen LogP contribution in [-0.4, -0.2) is 13.0 Å². The van der Waals surface area contributed by atoms with E-state index in [2.05, 4.69) is 5.32 Å². The van der Waals surface area contributed by atoms with Gasteiger partial charge in [0.2, 0.25) is 0 Å². The van der Waals surface area contributed by atoms with E-state index < -0.39 is 12.0 Å². The molecule has 1 unspecified atom stereocenters. The fourth-order valence-electron chi connectivity index (χ4n) is 2.52. The average molecular weight is 243 g/mol. The normalized spacial score (nSPS) is 23.1. The molecule has 1 aromatic carbocycles. The maximum absolute atomic E-state index is 13.5. The number of nitrogens with one attached hydrogen (secondary N) is 1. The van der Waals surface area contributed by atoms with E-state index in [0.717, 1.165) is 6.42 Å². The maximum atomic E-state index is 13.5. The highest BCUT2D eigenvalue weighted by atomic mass is 19.3. The molecular formula is C13H16F3N. The second-order valence-corrected chi connectivity index (χ2v) is 4.46. The van der Waals surface area contributed by atoms with Crippen molar-refractivity contribution in [3.8, 4) is 0 Å². The summed E-state index contributed by atoms with van der Waals surface area (Å²) in [5.74, 6) is -0.372. The number of hydrogen-bond acceptors (Lipinski definition) is 1. The number of fused-ring (bicyclic) bond motifs is 1. The molecule has 17 heavy (non-hydrogen) atoms. The van der Waals surface area contributed by atoms with Gasteiger partial charge in [-0.15, -0.1) is 0 Å². The quantitative estimate of drug-likeness (QED) is 0.856. The molecule has 1 nitrogen and oxygen atoms in total. The lowest BCUT2D eigenvalue weighted by molar-refractivity contribution is 0.0280. The smallest absolute Gasteiger partial charge is 0.260 e. The Morgan fingerprint density at radius 2 is 2.18 bits per heavy atom. The van der Waals surface area contributed by atoms with Crippen LogP contribution in [0.15, 0.2) is 18.2 Å². The van der Waals surface area contributed by atoms with Crippen molar-refractivity contribution in [3.05, 3.63) is 35.1 Å². The Balaban J connectivity index is 2.42. The molecule has 0 bridgehead atoms. The molecule has 0 aromatic heterocycles. The van der Waals surface area contributed by atoms with E-state index >= 15 is 0 Å². The second kappa shape index (κ2) is 4.69. The third-order valence-electron chi connectivity index (χ3n) is 3.43. The fraction of sp³-hybridized carbons (Fsp3) is 0.538. The van der Waals surface area contributed by atoms with E-state index in [1.807, 2.05) is 6.92 Å². The van der Waals surface area contributed by atoms with Crippen molar-refractivity contribution >= 4 is 0 Å². The van der Waals surface area contributed by atoms with Crippen LogP contribution in [0.1, 0.15) is 30.9 Å². The molecule has 1 aliphatic carbocycles. The van der Waals surface area contributed by atoms with Crippen LogP contribution in [0.25, 0.3) is 0 Å². The van der Waals surface area contributed by atoms with Crippen LogP contribution in [0, 0.1) is 5.82 Å². The topological polar surface area (TPSA) is 12.0 Å². The Bertz CT molecular complexity index is 406. The highest BCUT2D eigenvalue weighted by molar-refractivity contribution is 5.40. The van der Waals surface area contributed by atoms with Gasteiger partial charge in [-0.1, -0.05) is 19.1 Å². The number of alkyl halides is 2. The van der Waals surface area contributed by atoms with E-state index in [9.17, 15) is 13.2 Å². The lowest BCUT2D eigenvalue weighted by Crippen LogP contribution is -2.47. The predicted molar refractivity (Wildman–Crippen MR) is 60.7 cm³/mol. The Morgan fingerprint density at radius 3 is 2.82 bits per heavy atom. The van der Waals surface area contributed by atoms with E-state index in [-0.39, 0.29) is 12.2 Å². The number of halogens is 3. The molecule has 1 atom stereocenters. The number of hydrogen-bond donors (Lipinski definition) is 1. The predicted octanol–water partition coefficient (Wildman–Crippen LogP) is 3.23. The van der Waals surface area contributed by atoms with Crippen molar-refractivity contribution in [1.82, 2.24) is 5.32 Å². The molecule has 94 valence electrons. The lowest BCUT2D eigenvalue weighted by atomic mass is 9.92. The molecule has 0 heterocycles. The monoisotopic (exact) mass is 243 g/mol. The first-order valence-electron chi connectivity index (χ1n) is 5.93. The molecule has 0 aliphatic heterocycles. The first-order chi connectivity index (χ1) is 8.12. The minimum atomic E-state index is -2.52. The van der Waals surface area contributed by atoms with Crippen LogP contribution in [-0.2, 0) is 12.0 Å². The van der Waals surface area contributed by atoms with Gasteiger partial charge in [0.15, 0.2) is 0 Å². The van der Waals surface area contributed by atoms with Crippen molar-refractivity contribution in [2.24, 2.45) is 0 Å². The summed E-state index contributed by atoms with van der Waals surface area (Å²) in [6.45, 7) is 2.44. The number of benzene rings is 1. The van der Waals surface area contributed by atoms with Crippen LogP contribution < -0.4 is 5.32 Å². The maximum Gasteiger partial charge on any atom is 0.260 e. The molecule has 0 saturated carbocycles. The summed E-state index contributed by atoms with van der Waals surface area (Å²) < 4.78 is 40.2. The summed E-state index contributed by atoms with van der Waals surface area (Å²) >= 11 is 0. The molecule has 1 N–H and O–H groups in total. The van der Waals surface area contributed by atoms with Gasteiger partial charge in [-0.25, -0.2) is 13.2 Å². The molecule has 2 rings (SSSR count). The van der Waals surface area contributed by atoms with Gasteiger partial charge in [0, 0.05) is 0 Å². The Morgan fingerprint density at radius 1 is 1.41 bits per heavy atom. The molecular weight excluding hydrogens is 227 g/mol. The summed E-state index contributed by atoms with van der Waals surface area (Å²) in [5.41, 5.74) is -0.481. The summed E-state index contributed by atoms with van der Waals surface area (Å²) in [4.78, 5) is 0. The van der Waals surface area contributed by atoms with Gasteiger partial charge in [-0.2, -0.15) is 0 Å². The Labute approximate surface area is 99.0 Å². The molecule has 0 amide bonds. The van der Waals surface area contributed by atoms with E-state index in [1.165, 1.54) is 12.1 Å². The van der Waals surface area contributed by atoms with Crippen LogP contribution in [0.2, 0.25) is 0 Å². The zero-order valence-corrected chi connectivity index (χ0v) is 9.77. The minimum Gasteiger partial charge on any atom is -0.303 e. The highest BCUT2D eigenvalue weighted by Crippen LogP contribution is 2.42. The first-order valence-corrected chi connectivity index (χ1v) is 5.93. The molecule has 1 aliphatic rings. The lowest BCUT2D eigenvalue weighted by Gasteiger charge is -2.31. The van der Waals surface area contributed by atoms with Crippen molar-refractivity contribution in [2.75, 3.05) is 6.54 Å². The van der Waals surface area contributed by atoms with Crippen molar-refractivity contribution < 1.29 is 13.2 Å². The fourth-order valence-corrected chi connectivity index (χ4v) is 2.52. The van der Waals surface area contributed by atoms with Crippen molar-refractivity contribution in [1.29, 1.82) is 0 Å². The third kappa shape index (κ3) is 1.95. The molecule has 4 heteroatoms. The Hall–Kier alpha value is -1.03. The van der Waals surface area contributed by atoms with Crippen LogP contribution in [0.5, 0.6) is 0 Å². The SMILES string of the molecule is CCCNC1(C(F)F)CCc2c(F)cccc21.